The van der Waals surface area contributed by atoms with Crippen LogP contribution in [0, 0.1) is 12.3 Å². The topological polar surface area (TPSA) is 4.93 Å². The van der Waals surface area contributed by atoms with Crippen molar-refractivity contribution in [2.24, 2.45) is 5.41 Å². The molecule has 2 aliphatic rings. The molecule has 1 aromatic carbocycles. The van der Waals surface area contributed by atoms with E-state index >= 15 is 0 Å². The zero-order valence-corrected chi connectivity index (χ0v) is 11.1. The van der Waals surface area contributed by atoms with Crippen LogP contribution in [0.2, 0.25) is 0 Å². The van der Waals surface area contributed by atoms with Crippen molar-refractivity contribution < 1.29 is 0 Å². The third-order valence-corrected chi connectivity index (χ3v) is 4.21. The lowest BCUT2D eigenvalue weighted by Gasteiger charge is -2.24. The van der Waals surface area contributed by atoms with E-state index in [4.69, 9.17) is 0 Å². The van der Waals surface area contributed by atoms with Crippen LogP contribution < -0.4 is 0 Å². The van der Waals surface area contributed by atoms with Crippen LogP contribution in [0.3, 0.4) is 0 Å². The number of para-hydroxylation sites is 1. The van der Waals surface area contributed by atoms with Gasteiger partial charge < -0.3 is 4.57 Å². The highest BCUT2D eigenvalue weighted by Gasteiger charge is 2.45. The number of hydrogen-bond donors (Lipinski definition) is 0. The van der Waals surface area contributed by atoms with Crippen molar-refractivity contribution in [3.63, 3.8) is 0 Å². The minimum absolute atomic E-state index is 0.646. The summed E-state index contributed by atoms with van der Waals surface area (Å²) in [4.78, 5) is 0. The third-order valence-electron chi connectivity index (χ3n) is 4.21. The Kier molecular flexibility index (Phi) is 2.32. The summed E-state index contributed by atoms with van der Waals surface area (Å²) >= 11 is 0. The lowest BCUT2D eigenvalue weighted by Crippen LogP contribution is -2.19. The second kappa shape index (κ2) is 3.63. The smallest absolute Gasteiger partial charge is 0.0515 e. The molecule has 1 aromatic heterocycles. The highest BCUT2D eigenvalue weighted by molar-refractivity contribution is 5.87. The van der Waals surface area contributed by atoms with Crippen molar-refractivity contribution in [1.29, 1.82) is 0 Å². The molecule has 1 spiro atoms. The molecule has 2 heterocycles. The first kappa shape index (κ1) is 10.9. The zero-order valence-electron chi connectivity index (χ0n) is 11.1. The monoisotopic (exact) mass is 227 g/mol. The molecule has 90 valence electrons. The lowest BCUT2D eigenvalue weighted by molar-refractivity contribution is 0.411. The fraction of sp³-hybridized carbons (Fsp3) is 0.500. The summed E-state index contributed by atoms with van der Waals surface area (Å²) in [6.07, 6.45) is 6.52. The minimum atomic E-state index is 0.646. The average Bonchev–Trinajstić information content (AvgIpc) is 3.01. The first-order valence-electron chi connectivity index (χ1n) is 6.85. The normalized spacial score (nSPS) is 19.0. The van der Waals surface area contributed by atoms with Crippen LogP contribution in [0.25, 0.3) is 10.9 Å². The van der Waals surface area contributed by atoms with Gasteiger partial charge in [-0.1, -0.05) is 32.0 Å². The molecular weight excluding hydrogens is 206 g/mol. The molecule has 0 radical (unpaired) electrons. The van der Waals surface area contributed by atoms with Crippen LogP contribution in [-0.2, 0) is 13.0 Å². The maximum atomic E-state index is 2.50. The second-order valence-electron chi connectivity index (χ2n) is 5.43. The van der Waals surface area contributed by atoms with Crippen molar-refractivity contribution in [3.05, 3.63) is 35.5 Å². The van der Waals surface area contributed by atoms with E-state index in [1.165, 1.54) is 42.3 Å². The number of aromatic nitrogens is 1. The maximum absolute atomic E-state index is 2.50. The van der Waals surface area contributed by atoms with E-state index in [-0.39, 0.29) is 0 Å². The third kappa shape index (κ3) is 1.52. The number of rotatable bonds is 0. The molecule has 1 nitrogen and oxygen atoms in total. The number of aryl methyl sites for hydroxylation is 1. The fourth-order valence-corrected chi connectivity index (χ4v) is 3.22. The van der Waals surface area contributed by atoms with Crippen molar-refractivity contribution in [3.8, 4) is 0 Å². The highest BCUT2D eigenvalue weighted by Crippen LogP contribution is 2.53. The molecule has 0 unspecified atom stereocenters. The van der Waals surface area contributed by atoms with E-state index in [2.05, 4.69) is 35.9 Å². The summed E-state index contributed by atoms with van der Waals surface area (Å²) in [6, 6.07) is 6.80. The summed E-state index contributed by atoms with van der Waals surface area (Å²) in [5.41, 5.74) is 5.16. The lowest BCUT2D eigenvalue weighted by atomic mass is 9.92. The van der Waals surface area contributed by atoms with E-state index < -0.39 is 0 Å². The molecule has 0 N–H and O–H groups in total. The summed E-state index contributed by atoms with van der Waals surface area (Å²) < 4.78 is 2.50. The molecular formula is C16H21N. The number of benzene rings is 1. The number of nitrogens with zero attached hydrogens (tertiary/aromatic N) is 1. The first-order valence-corrected chi connectivity index (χ1v) is 6.85. The molecule has 4 rings (SSSR count). The minimum Gasteiger partial charge on any atom is -0.346 e. The highest BCUT2D eigenvalue weighted by atomic mass is 15.0. The van der Waals surface area contributed by atoms with E-state index in [1.807, 2.05) is 13.8 Å². The van der Waals surface area contributed by atoms with Gasteiger partial charge in [0.2, 0.25) is 0 Å². The van der Waals surface area contributed by atoms with Crippen LogP contribution in [0.5, 0.6) is 0 Å². The van der Waals surface area contributed by atoms with Gasteiger partial charge in [-0.15, -0.1) is 0 Å². The maximum Gasteiger partial charge on any atom is 0.0515 e. The van der Waals surface area contributed by atoms with E-state index in [9.17, 15) is 0 Å². The van der Waals surface area contributed by atoms with Gasteiger partial charge in [0.25, 0.3) is 0 Å². The van der Waals surface area contributed by atoms with E-state index in [1.54, 1.807) is 5.56 Å². The van der Waals surface area contributed by atoms with Crippen LogP contribution in [-0.4, -0.2) is 4.57 Å². The summed E-state index contributed by atoms with van der Waals surface area (Å²) in [6.45, 7) is 7.49. The van der Waals surface area contributed by atoms with Gasteiger partial charge in [0.05, 0.1) is 5.52 Å². The quantitative estimate of drug-likeness (QED) is 0.632. The molecule has 1 aliphatic heterocycles. The Hall–Kier alpha value is -1.24. The predicted octanol–water partition coefficient (Wildman–Crippen LogP) is 4.31. The standard InChI is InChI=1S/C14H15N.C2H6/c1-10-8-15-9-14(5-6-14)7-11-3-2-4-12(10)13(11)15;1-2/h2-4,8H,5-7,9H2,1H3;1-2H3. The van der Waals surface area contributed by atoms with Gasteiger partial charge in [-0.2, -0.15) is 0 Å². The van der Waals surface area contributed by atoms with Gasteiger partial charge in [-0.05, 0) is 42.7 Å². The van der Waals surface area contributed by atoms with Crippen molar-refractivity contribution in [2.45, 2.75) is 46.6 Å². The van der Waals surface area contributed by atoms with E-state index in [0.717, 1.165) is 0 Å². The molecule has 2 aromatic rings. The van der Waals surface area contributed by atoms with Gasteiger partial charge in [-0.25, -0.2) is 0 Å². The Morgan fingerprint density at radius 2 is 1.94 bits per heavy atom. The van der Waals surface area contributed by atoms with Gasteiger partial charge in [-0.3, -0.25) is 0 Å². The Morgan fingerprint density at radius 1 is 1.18 bits per heavy atom. The van der Waals surface area contributed by atoms with Crippen LogP contribution in [0.15, 0.2) is 24.4 Å². The van der Waals surface area contributed by atoms with Crippen LogP contribution >= 0.6 is 0 Å². The molecule has 17 heavy (non-hydrogen) atoms. The molecule has 0 saturated heterocycles. The molecule has 1 saturated carbocycles. The van der Waals surface area contributed by atoms with Crippen LogP contribution in [0.4, 0.5) is 0 Å². The SMILES string of the molecule is CC.Cc1cn2c3c(cccc13)CC1(CC1)C2. The number of hydrogen-bond acceptors (Lipinski definition) is 0. The van der Waals surface area contributed by atoms with Gasteiger partial charge in [0.15, 0.2) is 0 Å². The predicted molar refractivity (Wildman–Crippen MR) is 73.4 cm³/mol. The molecule has 1 fully saturated rings. The largest absolute Gasteiger partial charge is 0.346 e. The van der Waals surface area contributed by atoms with Crippen molar-refractivity contribution in [1.82, 2.24) is 4.57 Å². The molecule has 0 atom stereocenters. The Morgan fingerprint density at radius 3 is 2.65 bits per heavy atom. The Bertz CT molecular complexity index is 558. The summed E-state index contributed by atoms with van der Waals surface area (Å²) in [5.74, 6) is 0. The van der Waals surface area contributed by atoms with E-state index in [0.29, 0.717) is 5.41 Å². The molecule has 0 bridgehead atoms. The Balaban J connectivity index is 0.000000431. The summed E-state index contributed by atoms with van der Waals surface area (Å²) in [7, 11) is 0. The summed E-state index contributed by atoms with van der Waals surface area (Å²) in [5, 5.41) is 1.46. The second-order valence-corrected chi connectivity index (χ2v) is 5.43. The van der Waals surface area contributed by atoms with Gasteiger partial charge >= 0.3 is 0 Å². The Labute approximate surface area is 103 Å². The zero-order chi connectivity index (χ0) is 12.0. The average molecular weight is 227 g/mol. The van der Waals surface area contributed by atoms with Gasteiger partial charge in [0, 0.05) is 18.1 Å². The molecule has 1 heteroatoms. The molecule has 1 aliphatic carbocycles. The van der Waals surface area contributed by atoms with Crippen molar-refractivity contribution >= 4 is 10.9 Å². The van der Waals surface area contributed by atoms with Crippen molar-refractivity contribution in [2.75, 3.05) is 0 Å². The van der Waals surface area contributed by atoms with Gasteiger partial charge in [0.1, 0.15) is 0 Å². The molecule has 0 amide bonds. The first-order chi connectivity index (χ1) is 8.27. The fourth-order valence-electron chi connectivity index (χ4n) is 3.22. The van der Waals surface area contributed by atoms with Crippen LogP contribution in [0.1, 0.15) is 37.8 Å².